The molecule has 0 spiro atoms. The summed E-state index contributed by atoms with van der Waals surface area (Å²) in [6.07, 6.45) is 0. The third-order valence-corrected chi connectivity index (χ3v) is 4.88. The number of benzene rings is 2. The molecule has 3 nitrogen and oxygen atoms in total. The van der Waals surface area contributed by atoms with E-state index >= 15 is 0 Å². The molecule has 1 atom stereocenters. The van der Waals surface area contributed by atoms with Crippen LogP contribution in [-0.4, -0.2) is 12.5 Å². The molecule has 2 aromatic carbocycles. The summed E-state index contributed by atoms with van der Waals surface area (Å²) in [6, 6.07) is 9.93. The number of rotatable bonds is 6. The zero-order chi connectivity index (χ0) is 18.6. The number of nitrogens with two attached hydrogens (primary N) is 1. The Morgan fingerprint density at radius 2 is 1.80 bits per heavy atom. The van der Waals surface area contributed by atoms with Gasteiger partial charge in [0.15, 0.2) is 6.54 Å². The summed E-state index contributed by atoms with van der Waals surface area (Å²) in [5.41, 5.74) is 2.26. The molecule has 0 saturated carbocycles. The smallest absolute Gasteiger partial charge is 0.279 e. The summed E-state index contributed by atoms with van der Waals surface area (Å²) in [6.45, 7) is 6.19. The van der Waals surface area contributed by atoms with Gasteiger partial charge in [0.1, 0.15) is 11.9 Å². The van der Waals surface area contributed by atoms with Gasteiger partial charge in [-0.05, 0) is 30.7 Å². The maximum atomic E-state index is 13.1. The minimum atomic E-state index is -0.271. The van der Waals surface area contributed by atoms with Crippen LogP contribution in [0.2, 0.25) is 10.0 Å². The van der Waals surface area contributed by atoms with E-state index in [1.165, 1.54) is 12.1 Å². The molecule has 0 fully saturated rings. The van der Waals surface area contributed by atoms with Gasteiger partial charge in [0.25, 0.3) is 5.91 Å². The van der Waals surface area contributed by atoms with E-state index in [1.54, 1.807) is 24.3 Å². The Kier molecular flexibility index (Phi) is 6.82. The minimum absolute atomic E-state index is 0.0507. The summed E-state index contributed by atoms with van der Waals surface area (Å²) in [5, 5.41) is 5.57. The maximum absolute atomic E-state index is 13.1. The Labute approximate surface area is 157 Å². The molecule has 0 unspecified atom stereocenters. The fourth-order valence-corrected chi connectivity index (χ4v) is 3.14. The standard InChI is InChI=1S/C19H21Cl2FN2O/c1-11(2)18(13-5-7-14(22)8-6-13)23-10-16(25)24-19-15(20)9-4-12(3)17(19)21/h4-9,11,18,23H,10H2,1-3H3,(H,24,25)/p+1/t18-/m0/s1. The van der Waals surface area contributed by atoms with Gasteiger partial charge < -0.3 is 10.6 Å². The first-order chi connectivity index (χ1) is 11.8. The minimum Gasteiger partial charge on any atom is -0.332 e. The quantitative estimate of drug-likeness (QED) is 0.765. The molecule has 134 valence electrons. The van der Waals surface area contributed by atoms with Crippen LogP contribution in [0.25, 0.3) is 0 Å². The van der Waals surface area contributed by atoms with E-state index < -0.39 is 0 Å². The molecule has 25 heavy (non-hydrogen) atoms. The molecular weight excluding hydrogens is 362 g/mol. The number of amides is 1. The van der Waals surface area contributed by atoms with E-state index in [1.807, 2.05) is 12.2 Å². The van der Waals surface area contributed by atoms with Crippen molar-refractivity contribution in [3.05, 3.63) is 63.4 Å². The highest BCUT2D eigenvalue weighted by atomic mass is 35.5. The molecule has 6 heteroatoms. The molecular formula is C19H22Cl2FN2O+. The zero-order valence-corrected chi connectivity index (χ0v) is 16.0. The number of nitrogens with one attached hydrogen (secondary N) is 1. The van der Waals surface area contributed by atoms with Crippen LogP contribution in [0.15, 0.2) is 36.4 Å². The van der Waals surface area contributed by atoms with E-state index in [0.717, 1.165) is 11.1 Å². The van der Waals surface area contributed by atoms with Crippen molar-refractivity contribution < 1.29 is 14.5 Å². The number of halogens is 3. The molecule has 2 rings (SSSR count). The lowest BCUT2D eigenvalue weighted by atomic mass is 9.96. The van der Waals surface area contributed by atoms with Crippen molar-refractivity contribution >= 4 is 34.8 Å². The van der Waals surface area contributed by atoms with Crippen molar-refractivity contribution in [3.63, 3.8) is 0 Å². The molecule has 0 aromatic heterocycles. The molecule has 0 aliphatic carbocycles. The molecule has 0 aliphatic heterocycles. The number of carbonyl (C=O) groups excluding carboxylic acids is 1. The van der Waals surface area contributed by atoms with Gasteiger partial charge in [0, 0.05) is 11.5 Å². The Hall–Kier alpha value is -1.62. The monoisotopic (exact) mass is 383 g/mol. The van der Waals surface area contributed by atoms with Gasteiger partial charge in [-0.15, -0.1) is 0 Å². The van der Waals surface area contributed by atoms with Gasteiger partial charge in [0.05, 0.1) is 15.7 Å². The highest BCUT2D eigenvalue weighted by Crippen LogP contribution is 2.32. The Morgan fingerprint density at radius 3 is 2.40 bits per heavy atom. The Balaban J connectivity index is 2.05. The number of quaternary nitrogens is 1. The van der Waals surface area contributed by atoms with Crippen molar-refractivity contribution in [2.75, 3.05) is 11.9 Å². The number of hydrogen-bond donors (Lipinski definition) is 2. The summed E-state index contributed by atoms with van der Waals surface area (Å²) in [7, 11) is 0. The average molecular weight is 384 g/mol. The van der Waals surface area contributed by atoms with E-state index in [9.17, 15) is 9.18 Å². The molecule has 0 aliphatic rings. The fraction of sp³-hybridized carbons (Fsp3) is 0.316. The lowest BCUT2D eigenvalue weighted by Crippen LogP contribution is -2.88. The first kappa shape index (κ1) is 19.7. The maximum Gasteiger partial charge on any atom is 0.279 e. The largest absolute Gasteiger partial charge is 0.332 e. The van der Waals surface area contributed by atoms with E-state index in [0.29, 0.717) is 15.7 Å². The van der Waals surface area contributed by atoms with Crippen LogP contribution in [-0.2, 0) is 4.79 Å². The van der Waals surface area contributed by atoms with Crippen LogP contribution in [0.3, 0.4) is 0 Å². The second-order valence-corrected chi connectivity index (χ2v) is 7.15. The lowest BCUT2D eigenvalue weighted by Gasteiger charge is -2.19. The van der Waals surface area contributed by atoms with E-state index in [-0.39, 0.29) is 30.2 Å². The predicted molar refractivity (Wildman–Crippen MR) is 101 cm³/mol. The SMILES string of the molecule is Cc1ccc(Cl)c(NC(=O)C[NH2+][C@H](c2ccc(F)cc2)C(C)C)c1Cl. The fourth-order valence-electron chi connectivity index (χ4n) is 2.67. The van der Waals surface area contributed by atoms with Crippen LogP contribution in [0, 0.1) is 18.7 Å². The summed E-state index contributed by atoms with van der Waals surface area (Å²) < 4.78 is 13.1. The number of carbonyl (C=O) groups is 1. The van der Waals surface area contributed by atoms with Gasteiger partial charge in [-0.1, -0.05) is 55.2 Å². The summed E-state index contributed by atoms with van der Waals surface area (Å²) in [5.74, 6) is -0.181. The van der Waals surface area contributed by atoms with Gasteiger partial charge in [-0.25, -0.2) is 4.39 Å². The number of anilines is 1. The second-order valence-electron chi connectivity index (χ2n) is 6.36. The molecule has 0 radical (unpaired) electrons. The Morgan fingerprint density at radius 1 is 1.16 bits per heavy atom. The van der Waals surface area contributed by atoms with Crippen molar-refractivity contribution in [3.8, 4) is 0 Å². The normalized spacial score (nSPS) is 12.3. The topological polar surface area (TPSA) is 45.7 Å². The molecule has 0 heterocycles. The van der Waals surface area contributed by atoms with Gasteiger partial charge >= 0.3 is 0 Å². The molecule has 2 aromatic rings. The first-order valence-corrected chi connectivity index (χ1v) is 8.88. The van der Waals surface area contributed by atoms with Crippen molar-refractivity contribution in [2.45, 2.75) is 26.8 Å². The predicted octanol–water partition coefficient (Wildman–Crippen LogP) is 4.34. The van der Waals surface area contributed by atoms with Gasteiger partial charge in [-0.2, -0.15) is 0 Å². The van der Waals surface area contributed by atoms with Crippen molar-refractivity contribution in [2.24, 2.45) is 5.92 Å². The number of aryl methyl sites for hydroxylation is 1. The van der Waals surface area contributed by atoms with Gasteiger partial charge in [0.2, 0.25) is 0 Å². The molecule has 3 N–H and O–H groups in total. The highest BCUT2D eigenvalue weighted by molar-refractivity contribution is 6.40. The molecule has 0 bridgehead atoms. The zero-order valence-electron chi connectivity index (χ0n) is 14.4. The van der Waals surface area contributed by atoms with E-state index in [4.69, 9.17) is 23.2 Å². The van der Waals surface area contributed by atoms with E-state index in [2.05, 4.69) is 19.2 Å². The molecule has 1 amide bonds. The van der Waals surface area contributed by atoms with Crippen LogP contribution in [0.5, 0.6) is 0 Å². The molecule has 0 saturated heterocycles. The van der Waals surface area contributed by atoms with Crippen molar-refractivity contribution in [1.82, 2.24) is 0 Å². The number of hydrogen-bond acceptors (Lipinski definition) is 1. The van der Waals surface area contributed by atoms with Crippen LogP contribution in [0.1, 0.15) is 31.0 Å². The van der Waals surface area contributed by atoms with Crippen LogP contribution in [0.4, 0.5) is 10.1 Å². The van der Waals surface area contributed by atoms with Gasteiger partial charge in [-0.3, -0.25) is 4.79 Å². The second kappa shape index (κ2) is 8.65. The van der Waals surface area contributed by atoms with Crippen LogP contribution >= 0.6 is 23.2 Å². The highest BCUT2D eigenvalue weighted by Gasteiger charge is 2.21. The summed E-state index contributed by atoms with van der Waals surface area (Å²) >= 11 is 12.3. The first-order valence-electron chi connectivity index (χ1n) is 8.12. The Bertz CT molecular complexity index is 748. The average Bonchev–Trinajstić information content (AvgIpc) is 2.56. The lowest BCUT2D eigenvalue weighted by molar-refractivity contribution is -0.692. The summed E-state index contributed by atoms with van der Waals surface area (Å²) in [4.78, 5) is 12.3. The van der Waals surface area contributed by atoms with Crippen molar-refractivity contribution in [1.29, 1.82) is 0 Å². The third kappa shape index (κ3) is 5.18. The van der Waals surface area contributed by atoms with Crippen LogP contribution < -0.4 is 10.6 Å². The third-order valence-electron chi connectivity index (χ3n) is 4.08.